The molecule has 0 bridgehead atoms. The number of methoxy groups -OCH3 is 1. The summed E-state index contributed by atoms with van der Waals surface area (Å²) in [4.78, 5) is 29.2. The summed E-state index contributed by atoms with van der Waals surface area (Å²) in [7, 11) is 1.52. The fraction of sp³-hybridized carbons (Fsp3) is 0.429. The average Bonchev–Trinajstić information content (AvgIpc) is 3.14. The van der Waals surface area contributed by atoms with Crippen LogP contribution in [-0.2, 0) is 9.59 Å². The molecular formula is C28H35FN2O5. The molecule has 36 heavy (non-hydrogen) atoms. The molecule has 1 N–H and O–H groups in total. The molecule has 2 aromatic carbocycles. The Labute approximate surface area is 212 Å². The standard InChI is InChI=1S/C28H35FN2O5/c1-5-17-36-22-14-11-20(18-23(22)35-4)25-24(26(32)19-9-12-21(29)13-10-19)27(33)28(34)31(25)16-8-15-30(6-2)7-3/h9-14,18,25,32H,5-8,15-17H2,1-4H3. The average molecular weight is 499 g/mol. The van der Waals surface area contributed by atoms with Gasteiger partial charge in [0, 0.05) is 18.5 Å². The summed E-state index contributed by atoms with van der Waals surface area (Å²) < 4.78 is 24.7. The van der Waals surface area contributed by atoms with E-state index in [0.29, 0.717) is 36.6 Å². The van der Waals surface area contributed by atoms with Crippen LogP contribution < -0.4 is 19.5 Å². The minimum atomic E-state index is -0.872. The van der Waals surface area contributed by atoms with E-state index in [-0.39, 0.29) is 11.1 Å². The quantitative estimate of drug-likeness (QED) is 0.276. The molecule has 0 radical (unpaired) electrons. The lowest BCUT2D eigenvalue weighted by Crippen LogP contribution is -3.11. The molecule has 1 amide bonds. The number of hydrogen-bond acceptors (Lipinski definition) is 5. The van der Waals surface area contributed by atoms with Crippen LogP contribution in [0.3, 0.4) is 0 Å². The smallest absolute Gasteiger partial charge is 0.295 e. The van der Waals surface area contributed by atoms with Gasteiger partial charge in [-0.15, -0.1) is 0 Å². The van der Waals surface area contributed by atoms with Crippen LogP contribution in [0, 0.1) is 5.82 Å². The van der Waals surface area contributed by atoms with Gasteiger partial charge < -0.3 is 24.4 Å². The van der Waals surface area contributed by atoms with Gasteiger partial charge in [-0.2, -0.15) is 0 Å². The molecule has 8 heteroatoms. The second-order valence-electron chi connectivity index (χ2n) is 8.80. The van der Waals surface area contributed by atoms with Gasteiger partial charge >= 0.3 is 0 Å². The summed E-state index contributed by atoms with van der Waals surface area (Å²) in [6.07, 6.45) is 1.50. The number of quaternary nitrogens is 1. The molecule has 1 unspecified atom stereocenters. The third-order valence-corrected chi connectivity index (χ3v) is 6.53. The lowest BCUT2D eigenvalue weighted by Gasteiger charge is -2.28. The Hall–Kier alpha value is -3.39. The van der Waals surface area contributed by atoms with E-state index in [0.717, 1.165) is 38.2 Å². The van der Waals surface area contributed by atoms with Crippen molar-refractivity contribution < 1.29 is 33.5 Å². The van der Waals surface area contributed by atoms with Gasteiger partial charge in [-0.3, -0.25) is 9.59 Å². The van der Waals surface area contributed by atoms with Crippen molar-refractivity contribution in [3.63, 3.8) is 0 Å². The minimum absolute atomic E-state index is 0.133. The Morgan fingerprint density at radius 3 is 2.36 bits per heavy atom. The van der Waals surface area contributed by atoms with Crippen LogP contribution in [0.4, 0.5) is 4.39 Å². The van der Waals surface area contributed by atoms with Crippen molar-refractivity contribution in [3.8, 4) is 11.5 Å². The summed E-state index contributed by atoms with van der Waals surface area (Å²) in [5, 5.41) is 13.5. The van der Waals surface area contributed by atoms with E-state index >= 15 is 0 Å². The molecular weight excluding hydrogens is 463 g/mol. The van der Waals surface area contributed by atoms with E-state index in [4.69, 9.17) is 9.47 Å². The second-order valence-corrected chi connectivity index (χ2v) is 8.80. The number of nitrogens with zero attached hydrogens (tertiary/aromatic N) is 1. The predicted octanol–water partition coefficient (Wildman–Crippen LogP) is 2.16. The van der Waals surface area contributed by atoms with Gasteiger partial charge in [0.1, 0.15) is 5.82 Å². The van der Waals surface area contributed by atoms with Crippen LogP contribution in [0.5, 0.6) is 11.5 Å². The Balaban J connectivity index is 2.07. The van der Waals surface area contributed by atoms with E-state index in [1.54, 1.807) is 18.2 Å². The van der Waals surface area contributed by atoms with Crippen molar-refractivity contribution in [1.82, 2.24) is 4.90 Å². The zero-order chi connectivity index (χ0) is 26.2. The molecule has 0 spiro atoms. The van der Waals surface area contributed by atoms with Crippen LogP contribution in [0.2, 0.25) is 0 Å². The summed E-state index contributed by atoms with van der Waals surface area (Å²) in [5.74, 6) is -1.61. The van der Waals surface area contributed by atoms with E-state index in [9.17, 15) is 19.1 Å². The van der Waals surface area contributed by atoms with Crippen molar-refractivity contribution in [2.45, 2.75) is 39.7 Å². The van der Waals surface area contributed by atoms with E-state index in [1.807, 2.05) is 6.92 Å². The monoisotopic (exact) mass is 498 g/mol. The van der Waals surface area contributed by atoms with Crippen LogP contribution >= 0.6 is 0 Å². The number of ketones is 1. The van der Waals surface area contributed by atoms with E-state index in [1.165, 1.54) is 29.0 Å². The first-order valence-corrected chi connectivity index (χ1v) is 12.5. The number of halogens is 1. The first-order valence-electron chi connectivity index (χ1n) is 12.5. The molecule has 1 aliphatic rings. The van der Waals surface area contributed by atoms with Crippen molar-refractivity contribution in [2.24, 2.45) is 0 Å². The fourth-order valence-corrected chi connectivity index (χ4v) is 4.49. The molecule has 1 atom stereocenters. The van der Waals surface area contributed by atoms with Crippen molar-refractivity contribution in [2.75, 3.05) is 39.9 Å². The highest BCUT2D eigenvalue weighted by Gasteiger charge is 2.44. The fourth-order valence-electron chi connectivity index (χ4n) is 4.49. The van der Waals surface area contributed by atoms with Crippen LogP contribution in [0.1, 0.15) is 50.8 Å². The highest BCUT2D eigenvalue weighted by atomic mass is 19.1. The molecule has 0 aliphatic carbocycles. The molecule has 3 rings (SSSR count). The topological polar surface area (TPSA) is 83.3 Å². The van der Waals surface area contributed by atoms with Gasteiger partial charge in [-0.05, 0) is 55.7 Å². The molecule has 0 aromatic heterocycles. The number of nitrogens with one attached hydrogen (secondary N) is 1. The van der Waals surface area contributed by atoms with Gasteiger partial charge in [-0.1, -0.05) is 30.9 Å². The maximum atomic E-state index is 13.5. The summed E-state index contributed by atoms with van der Waals surface area (Å²) in [5.41, 5.74) is 0.600. The lowest BCUT2D eigenvalue weighted by atomic mass is 9.95. The minimum Gasteiger partial charge on any atom is -0.872 e. The highest BCUT2D eigenvalue weighted by Crippen LogP contribution is 2.41. The van der Waals surface area contributed by atoms with Crippen molar-refractivity contribution in [1.29, 1.82) is 0 Å². The van der Waals surface area contributed by atoms with Gasteiger partial charge in [-0.25, -0.2) is 4.39 Å². The molecule has 1 fully saturated rings. The SMILES string of the molecule is CCCOc1ccc(C2C(=C([O-])c3ccc(F)cc3)C(=O)C(=O)N2CCC[NH+](CC)CC)cc1OC. The van der Waals surface area contributed by atoms with Gasteiger partial charge in [0.15, 0.2) is 11.5 Å². The number of carbonyl (C=O) groups excluding carboxylic acids is 2. The molecule has 1 saturated heterocycles. The Morgan fingerprint density at radius 1 is 1.06 bits per heavy atom. The summed E-state index contributed by atoms with van der Waals surface area (Å²) in [6.45, 7) is 9.81. The lowest BCUT2D eigenvalue weighted by molar-refractivity contribution is -0.896. The number of carbonyl (C=O) groups is 2. The normalized spacial score (nSPS) is 17.2. The Morgan fingerprint density at radius 2 is 1.75 bits per heavy atom. The molecule has 0 saturated carbocycles. The first-order chi connectivity index (χ1) is 17.4. The molecule has 194 valence electrons. The van der Waals surface area contributed by atoms with E-state index in [2.05, 4.69) is 13.8 Å². The predicted molar refractivity (Wildman–Crippen MR) is 133 cm³/mol. The summed E-state index contributed by atoms with van der Waals surface area (Å²) >= 11 is 0. The summed E-state index contributed by atoms with van der Waals surface area (Å²) in [6, 6.07) is 9.31. The number of Topliss-reactive ketones (excluding diaryl/α,β-unsaturated/α-hetero) is 1. The zero-order valence-electron chi connectivity index (χ0n) is 21.4. The van der Waals surface area contributed by atoms with Crippen LogP contribution in [0.25, 0.3) is 5.76 Å². The molecule has 1 aliphatic heterocycles. The van der Waals surface area contributed by atoms with Gasteiger partial charge in [0.05, 0.1) is 39.4 Å². The number of amides is 1. The molecule has 7 nitrogen and oxygen atoms in total. The Kier molecular flexibility index (Phi) is 9.47. The highest BCUT2D eigenvalue weighted by molar-refractivity contribution is 6.46. The maximum Gasteiger partial charge on any atom is 0.295 e. The van der Waals surface area contributed by atoms with Crippen LogP contribution in [-0.4, -0.2) is 56.5 Å². The third kappa shape index (κ3) is 5.87. The first kappa shape index (κ1) is 27.2. The van der Waals surface area contributed by atoms with Gasteiger partial charge in [0.25, 0.3) is 5.91 Å². The number of rotatable bonds is 12. The van der Waals surface area contributed by atoms with Crippen molar-refractivity contribution in [3.05, 3.63) is 65.0 Å². The molecule has 2 aromatic rings. The Bertz CT molecular complexity index is 1100. The maximum absolute atomic E-state index is 13.5. The largest absolute Gasteiger partial charge is 0.872 e. The van der Waals surface area contributed by atoms with Gasteiger partial charge in [0.2, 0.25) is 5.78 Å². The number of hydrogen-bond donors (Lipinski definition) is 1. The number of ether oxygens (including phenoxy) is 2. The third-order valence-electron chi connectivity index (χ3n) is 6.53. The zero-order valence-corrected chi connectivity index (χ0v) is 21.4. The number of benzene rings is 2. The van der Waals surface area contributed by atoms with Crippen molar-refractivity contribution >= 4 is 17.4 Å². The van der Waals surface area contributed by atoms with Crippen LogP contribution in [0.15, 0.2) is 48.0 Å². The number of likely N-dealkylation sites (tertiary alicyclic amines) is 1. The molecule has 1 heterocycles. The van der Waals surface area contributed by atoms with E-state index < -0.39 is 29.3 Å². The second kappa shape index (κ2) is 12.5.